The Kier molecular flexibility index (Phi) is 3.99. The average Bonchev–Trinajstić information content (AvgIpc) is 2.26. The summed E-state index contributed by atoms with van der Waals surface area (Å²) in [4.78, 5) is 3.25. The fourth-order valence-electron chi connectivity index (χ4n) is 1.11. The Morgan fingerprint density at radius 3 is 2.28 bits per heavy atom. The fraction of sp³-hybridized carbons (Fsp3) is 0.333. The summed E-state index contributed by atoms with van der Waals surface area (Å²) in [6.07, 6.45) is -4.76. The smallest absolute Gasteiger partial charge is 0.288 e. The molecular formula is C9H9F4NO3S. The van der Waals surface area contributed by atoms with Gasteiger partial charge < -0.3 is 0 Å². The summed E-state index contributed by atoms with van der Waals surface area (Å²) in [5, 5.41) is 0. The first-order chi connectivity index (χ1) is 8.10. The van der Waals surface area contributed by atoms with Crippen LogP contribution in [0, 0.1) is 5.82 Å². The van der Waals surface area contributed by atoms with E-state index in [1.807, 2.05) is 0 Å². The molecule has 18 heavy (non-hydrogen) atoms. The molecule has 0 bridgehead atoms. The van der Waals surface area contributed by atoms with Crippen LogP contribution in [0.2, 0.25) is 0 Å². The molecule has 0 amide bonds. The number of hydrogen-bond donors (Lipinski definition) is 0. The van der Waals surface area contributed by atoms with E-state index in [0.29, 0.717) is 12.1 Å². The van der Waals surface area contributed by atoms with Crippen LogP contribution in [-0.2, 0) is 21.0 Å². The molecule has 0 atom stereocenters. The summed E-state index contributed by atoms with van der Waals surface area (Å²) in [5.74, 6) is -1.29. The Bertz CT molecular complexity index is 541. The molecule has 1 rings (SSSR count). The van der Waals surface area contributed by atoms with Crippen molar-refractivity contribution >= 4 is 10.0 Å². The van der Waals surface area contributed by atoms with Crippen molar-refractivity contribution in [2.45, 2.75) is 11.1 Å². The molecule has 1 aromatic carbocycles. The number of nitrogens with zero attached hydrogens (tertiary/aromatic N) is 1. The van der Waals surface area contributed by atoms with E-state index in [1.54, 1.807) is 0 Å². The van der Waals surface area contributed by atoms with E-state index in [2.05, 4.69) is 4.84 Å². The van der Waals surface area contributed by atoms with Crippen LogP contribution in [0.25, 0.3) is 0 Å². The van der Waals surface area contributed by atoms with Crippen molar-refractivity contribution in [3.05, 3.63) is 29.6 Å². The largest absolute Gasteiger partial charge is 0.416 e. The maximum atomic E-state index is 13.3. The van der Waals surface area contributed by atoms with Crippen LogP contribution in [0.3, 0.4) is 0 Å². The van der Waals surface area contributed by atoms with Crippen LogP contribution in [-0.4, -0.2) is 27.0 Å². The molecule has 0 aromatic heterocycles. The molecule has 0 saturated heterocycles. The maximum Gasteiger partial charge on any atom is 0.416 e. The van der Waals surface area contributed by atoms with Crippen molar-refractivity contribution in [2.24, 2.45) is 0 Å². The van der Waals surface area contributed by atoms with Gasteiger partial charge in [-0.05, 0) is 18.2 Å². The summed E-state index contributed by atoms with van der Waals surface area (Å²) in [6.45, 7) is 0. The van der Waals surface area contributed by atoms with Crippen LogP contribution in [0.15, 0.2) is 23.1 Å². The number of sulfonamides is 1. The predicted molar refractivity (Wildman–Crippen MR) is 53.4 cm³/mol. The van der Waals surface area contributed by atoms with E-state index < -0.39 is 32.5 Å². The molecule has 0 aliphatic carbocycles. The number of benzene rings is 1. The van der Waals surface area contributed by atoms with Crippen LogP contribution in [0.5, 0.6) is 0 Å². The van der Waals surface area contributed by atoms with E-state index in [9.17, 15) is 26.0 Å². The molecule has 9 heteroatoms. The lowest BCUT2D eigenvalue weighted by molar-refractivity contribution is -0.137. The van der Waals surface area contributed by atoms with Gasteiger partial charge in [-0.3, -0.25) is 4.84 Å². The Hall–Kier alpha value is -1.19. The highest BCUT2D eigenvalue weighted by Crippen LogP contribution is 2.32. The lowest BCUT2D eigenvalue weighted by Crippen LogP contribution is -2.27. The van der Waals surface area contributed by atoms with Gasteiger partial charge in [0, 0.05) is 7.05 Å². The highest BCUT2D eigenvalue weighted by Gasteiger charge is 2.34. The van der Waals surface area contributed by atoms with E-state index in [4.69, 9.17) is 0 Å². The molecule has 0 N–H and O–H groups in total. The van der Waals surface area contributed by atoms with Crippen molar-refractivity contribution in [1.82, 2.24) is 4.47 Å². The van der Waals surface area contributed by atoms with E-state index in [0.717, 1.165) is 14.2 Å². The van der Waals surface area contributed by atoms with E-state index in [1.165, 1.54) is 0 Å². The Morgan fingerprint density at radius 2 is 1.83 bits per heavy atom. The quantitative estimate of drug-likeness (QED) is 0.631. The van der Waals surface area contributed by atoms with Crippen molar-refractivity contribution in [3.8, 4) is 0 Å². The molecule has 0 fully saturated rings. The Balaban J connectivity index is 3.42. The van der Waals surface area contributed by atoms with E-state index in [-0.39, 0.29) is 10.5 Å². The first kappa shape index (κ1) is 14.9. The van der Waals surface area contributed by atoms with Gasteiger partial charge in [0.1, 0.15) is 10.7 Å². The zero-order valence-corrected chi connectivity index (χ0v) is 10.1. The van der Waals surface area contributed by atoms with Gasteiger partial charge in [-0.1, -0.05) is 4.47 Å². The van der Waals surface area contributed by atoms with Crippen LogP contribution in [0.4, 0.5) is 17.6 Å². The van der Waals surface area contributed by atoms with Crippen molar-refractivity contribution in [1.29, 1.82) is 0 Å². The number of hydrogen-bond acceptors (Lipinski definition) is 3. The SMILES string of the molecule is CON(C)S(=O)(=O)c1cc(C(F)(F)F)ccc1F. The van der Waals surface area contributed by atoms with Crippen LogP contribution >= 0.6 is 0 Å². The van der Waals surface area contributed by atoms with E-state index >= 15 is 0 Å². The zero-order chi connectivity index (χ0) is 14.1. The number of rotatable bonds is 3. The van der Waals surface area contributed by atoms with Crippen molar-refractivity contribution < 1.29 is 30.8 Å². The summed E-state index contributed by atoms with van der Waals surface area (Å²) in [6, 6.07) is 1.13. The van der Waals surface area contributed by atoms with Gasteiger partial charge in [-0.25, -0.2) is 12.8 Å². The van der Waals surface area contributed by atoms with Gasteiger partial charge in [-0.15, -0.1) is 0 Å². The minimum atomic E-state index is -4.76. The molecule has 4 nitrogen and oxygen atoms in total. The molecule has 0 spiro atoms. The minimum absolute atomic E-state index is 0.222. The minimum Gasteiger partial charge on any atom is -0.288 e. The third kappa shape index (κ3) is 2.79. The fourth-order valence-corrected chi connectivity index (χ4v) is 2.18. The number of hydroxylamine groups is 1. The molecule has 102 valence electrons. The zero-order valence-electron chi connectivity index (χ0n) is 9.32. The lowest BCUT2D eigenvalue weighted by Gasteiger charge is -2.16. The third-order valence-corrected chi connectivity index (χ3v) is 3.83. The van der Waals surface area contributed by atoms with Gasteiger partial charge >= 0.3 is 6.18 Å². The second-order valence-corrected chi connectivity index (χ2v) is 5.14. The molecule has 1 aromatic rings. The summed E-state index contributed by atoms with van der Waals surface area (Å²) < 4.78 is 74.1. The first-order valence-electron chi connectivity index (χ1n) is 4.50. The van der Waals surface area contributed by atoms with Gasteiger partial charge in [0.05, 0.1) is 12.7 Å². The van der Waals surface area contributed by atoms with Crippen LogP contribution in [0.1, 0.15) is 5.56 Å². The maximum absolute atomic E-state index is 13.3. The van der Waals surface area contributed by atoms with Gasteiger partial charge in [-0.2, -0.15) is 13.2 Å². The van der Waals surface area contributed by atoms with Crippen LogP contribution < -0.4 is 0 Å². The predicted octanol–water partition coefficient (Wildman–Crippen LogP) is 2.03. The second-order valence-electron chi connectivity index (χ2n) is 3.24. The third-order valence-electron chi connectivity index (χ3n) is 2.13. The summed E-state index contributed by atoms with van der Waals surface area (Å²) in [7, 11) is -2.54. The highest BCUT2D eigenvalue weighted by atomic mass is 32.2. The number of alkyl halides is 3. The Morgan fingerprint density at radius 1 is 1.28 bits per heavy atom. The first-order valence-corrected chi connectivity index (χ1v) is 5.94. The average molecular weight is 287 g/mol. The molecule has 0 saturated carbocycles. The molecule has 0 aliphatic heterocycles. The second kappa shape index (κ2) is 4.82. The molecule has 0 heterocycles. The summed E-state index contributed by atoms with van der Waals surface area (Å²) >= 11 is 0. The topological polar surface area (TPSA) is 46.6 Å². The molecule has 0 aliphatic rings. The number of halogens is 4. The normalized spacial score (nSPS) is 13.1. The summed E-state index contributed by atoms with van der Waals surface area (Å²) in [5.41, 5.74) is -1.26. The standard InChI is InChI=1S/C9H9F4NO3S/c1-14(17-2)18(15,16)8-5-6(9(11,12)13)3-4-7(8)10/h3-5H,1-2H3. The molecule has 0 radical (unpaired) electrons. The monoisotopic (exact) mass is 287 g/mol. The Labute approximate surface area is 101 Å². The lowest BCUT2D eigenvalue weighted by atomic mass is 10.2. The van der Waals surface area contributed by atoms with Gasteiger partial charge in [0.2, 0.25) is 0 Å². The molecular weight excluding hydrogens is 278 g/mol. The molecule has 0 unspecified atom stereocenters. The van der Waals surface area contributed by atoms with Crippen molar-refractivity contribution in [2.75, 3.05) is 14.2 Å². The van der Waals surface area contributed by atoms with Crippen molar-refractivity contribution in [3.63, 3.8) is 0 Å². The van der Waals surface area contributed by atoms with Gasteiger partial charge in [0.25, 0.3) is 10.0 Å². The highest BCUT2D eigenvalue weighted by molar-refractivity contribution is 7.89. The van der Waals surface area contributed by atoms with Gasteiger partial charge in [0.15, 0.2) is 0 Å².